The van der Waals surface area contributed by atoms with Crippen LogP contribution in [0.1, 0.15) is 21.5 Å². The molecule has 19 heavy (non-hydrogen) atoms. The summed E-state index contributed by atoms with van der Waals surface area (Å²) in [4.78, 5) is 0.220. The molecule has 96 valence electrons. The number of thiophene rings is 1. The minimum atomic E-state index is 0.220. The molecule has 0 nitrogen and oxygen atoms in total. The first kappa shape index (κ1) is 13.3. The Balaban J connectivity index is 2.13. The molecular formula is C16H12Br2S. The summed E-state index contributed by atoms with van der Waals surface area (Å²) in [6.07, 6.45) is 0. The number of benzene rings is 2. The summed E-state index contributed by atoms with van der Waals surface area (Å²) >= 11 is 9.36. The Labute approximate surface area is 133 Å². The molecule has 3 rings (SSSR count). The summed E-state index contributed by atoms with van der Waals surface area (Å²) in [6, 6.07) is 15.0. The lowest BCUT2D eigenvalue weighted by Crippen LogP contribution is -1.94. The quantitative estimate of drug-likeness (QED) is 0.437. The predicted molar refractivity (Wildman–Crippen MR) is 91.5 cm³/mol. The van der Waals surface area contributed by atoms with Crippen LogP contribution < -0.4 is 0 Å². The predicted octanol–water partition coefficient (Wildman–Crippen LogP) is 6.46. The molecule has 3 aromatic rings. The summed E-state index contributed by atoms with van der Waals surface area (Å²) in [5, 5.41) is 3.58. The minimum absolute atomic E-state index is 0.220. The van der Waals surface area contributed by atoms with Gasteiger partial charge in [-0.1, -0.05) is 68.3 Å². The van der Waals surface area contributed by atoms with Crippen molar-refractivity contribution < 1.29 is 0 Å². The van der Waals surface area contributed by atoms with E-state index in [2.05, 4.69) is 86.6 Å². The first-order valence-electron chi connectivity index (χ1n) is 6.03. The van der Waals surface area contributed by atoms with Gasteiger partial charge in [-0.05, 0) is 40.4 Å². The molecule has 0 fully saturated rings. The van der Waals surface area contributed by atoms with Gasteiger partial charge in [0.1, 0.15) is 0 Å². The average Bonchev–Trinajstić information content (AvgIpc) is 2.85. The fraction of sp³-hybridized carbons (Fsp3) is 0.125. The van der Waals surface area contributed by atoms with E-state index in [0.717, 1.165) is 0 Å². The van der Waals surface area contributed by atoms with Crippen molar-refractivity contribution in [2.24, 2.45) is 0 Å². The van der Waals surface area contributed by atoms with Crippen molar-refractivity contribution in [3.63, 3.8) is 0 Å². The molecule has 0 aliphatic rings. The van der Waals surface area contributed by atoms with Gasteiger partial charge in [-0.15, -0.1) is 11.3 Å². The Kier molecular flexibility index (Phi) is 3.79. The normalized spacial score (nSPS) is 12.8. The van der Waals surface area contributed by atoms with Crippen LogP contribution >= 0.6 is 43.2 Å². The lowest BCUT2D eigenvalue weighted by Gasteiger charge is -2.13. The third-order valence-electron chi connectivity index (χ3n) is 3.28. The van der Waals surface area contributed by atoms with Crippen molar-refractivity contribution in [1.82, 2.24) is 0 Å². The molecule has 0 saturated heterocycles. The summed E-state index contributed by atoms with van der Waals surface area (Å²) in [7, 11) is 0. The zero-order chi connectivity index (χ0) is 13.4. The van der Waals surface area contributed by atoms with Gasteiger partial charge < -0.3 is 0 Å². The van der Waals surface area contributed by atoms with Gasteiger partial charge in [0.25, 0.3) is 0 Å². The highest BCUT2D eigenvalue weighted by molar-refractivity contribution is 9.11. The van der Waals surface area contributed by atoms with Crippen molar-refractivity contribution in [3.05, 3.63) is 69.0 Å². The zero-order valence-electron chi connectivity index (χ0n) is 10.4. The minimum Gasteiger partial charge on any atom is -0.143 e. The Hall–Kier alpha value is -0.640. The maximum Gasteiger partial charge on any atom is 0.0669 e. The average molecular weight is 396 g/mol. The zero-order valence-corrected chi connectivity index (χ0v) is 14.3. The molecule has 0 aliphatic heterocycles. The van der Waals surface area contributed by atoms with Crippen molar-refractivity contribution >= 4 is 53.3 Å². The molecule has 1 unspecified atom stereocenters. The van der Waals surface area contributed by atoms with E-state index < -0.39 is 0 Å². The van der Waals surface area contributed by atoms with Gasteiger partial charge >= 0.3 is 0 Å². The van der Waals surface area contributed by atoms with Gasteiger partial charge in [0.05, 0.1) is 4.83 Å². The summed E-state index contributed by atoms with van der Waals surface area (Å²) in [5.74, 6) is 0. The highest BCUT2D eigenvalue weighted by atomic mass is 79.9. The van der Waals surface area contributed by atoms with E-state index in [-0.39, 0.29) is 4.83 Å². The molecule has 0 radical (unpaired) electrons. The second kappa shape index (κ2) is 5.39. The molecule has 0 bridgehead atoms. The molecule has 1 aromatic heterocycles. The number of rotatable bonds is 2. The van der Waals surface area contributed by atoms with Crippen molar-refractivity contribution in [2.75, 3.05) is 0 Å². The Morgan fingerprint density at radius 1 is 1.00 bits per heavy atom. The molecule has 0 spiro atoms. The first-order chi connectivity index (χ1) is 9.18. The molecule has 3 heteroatoms. The number of aryl methyl sites for hydroxylation is 1. The largest absolute Gasteiger partial charge is 0.143 e. The molecule has 0 amide bonds. The monoisotopic (exact) mass is 394 g/mol. The molecule has 0 saturated carbocycles. The number of alkyl halides is 1. The van der Waals surface area contributed by atoms with E-state index in [9.17, 15) is 0 Å². The molecular weight excluding hydrogens is 384 g/mol. The Morgan fingerprint density at radius 2 is 1.79 bits per heavy atom. The van der Waals surface area contributed by atoms with Crippen LogP contribution in [0.3, 0.4) is 0 Å². The van der Waals surface area contributed by atoms with E-state index in [0.29, 0.717) is 0 Å². The number of hydrogen-bond donors (Lipinski definition) is 0. The van der Waals surface area contributed by atoms with Gasteiger partial charge in [0.15, 0.2) is 0 Å². The van der Waals surface area contributed by atoms with Gasteiger partial charge in [-0.25, -0.2) is 0 Å². The standard InChI is InChI=1S/C16H12Br2S/c1-10-5-4-7-12(15(10)17)16(18)13-9-19-14-8-3-2-6-11(13)14/h2-9,16H,1H3. The van der Waals surface area contributed by atoms with Gasteiger partial charge in [-0.2, -0.15) is 0 Å². The Morgan fingerprint density at radius 3 is 2.63 bits per heavy atom. The van der Waals surface area contributed by atoms with Gasteiger partial charge in [-0.3, -0.25) is 0 Å². The van der Waals surface area contributed by atoms with Crippen molar-refractivity contribution in [3.8, 4) is 0 Å². The highest BCUT2D eigenvalue weighted by Crippen LogP contribution is 2.41. The second-order valence-electron chi connectivity index (χ2n) is 4.53. The van der Waals surface area contributed by atoms with Gasteiger partial charge in [0, 0.05) is 9.17 Å². The Bertz CT molecular complexity index is 730. The SMILES string of the molecule is Cc1cccc(C(Br)c2csc3ccccc23)c1Br. The molecule has 0 aliphatic carbocycles. The number of fused-ring (bicyclic) bond motifs is 1. The van der Waals surface area contributed by atoms with E-state index in [1.807, 2.05) is 0 Å². The maximum absolute atomic E-state index is 3.86. The molecule has 1 atom stereocenters. The van der Waals surface area contributed by atoms with Crippen LogP contribution in [0.25, 0.3) is 10.1 Å². The lowest BCUT2D eigenvalue weighted by molar-refractivity contribution is 1.18. The van der Waals surface area contributed by atoms with Crippen molar-refractivity contribution in [1.29, 1.82) is 0 Å². The molecule has 0 N–H and O–H groups in total. The topological polar surface area (TPSA) is 0 Å². The van der Waals surface area contributed by atoms with E-state index >= 15 is 0 Å². The third kappa shape index (κ3) is 2.39. The van der Waals surface area contributed by atoms with Crippen molar-refractivity contribution in [2.45, 2.75) is 11.8 Å². The third-order valence-corrected chi connectivity index (χ3v) is 6.33. The fourth-order valence-corrected chi connectivity index (χ4v) is 4.95. The summed E-state index contributed by atoms with van der Waals surface area (Å²) in [5.41, 5.74) is 3.89. The van der Waals surface area contributed by atoms with Crippen LogP contribution in [0.15, 0.2) is 52.3 Å². The summed E-state index contributed by atoms with van der Waals surface area (Å²) in [6.45, 7) is 2.12. The van der Waals surface area contributed by atoms with Crippen LogP contribution in [0.4, 0.5) is 0 Å². The first-order valence-corrected chi connectivity index (χ1v) is 8.62. The van der Waals surface area contributed by atoms with E-state index in [1.54, 1.807) is 11.3 Å². The maximum atomic E-state index is 3.86. The van der Waals surface area contributed by atoms with E-state index in [4.69, 9.17) is 0 Å². The molecule has 1 heterocycles. The summed E-state index contributed by atoms with van der Waals surface area (Å²) < 4.78 is 2.53. The van der Waals surface area contributed by atoms with Crippen LogP contribution in [0, 0.1) is 6.92 Å². The smallest absolute Gasteiger partial charge is 0.0669 e. The lowest BCUT2D eigenvalue weighted by atomic mass is 10.0. The van der Waals surface area contributed by atoms with Gasteiger partial charge in [0.2, 0.25) is 0 Å². The van der Waals surface area contributed by atoms with Crippen LogP contribution in [-0.4, -0.2) is 0 Å². The number of hydrogen-bond acceptors (Lipinski definition) is 1. The number of halogens is 2. The molecule has 2 aromatic carbocycles. The second-order valence-corrected chi connectivity index (χ2v) is 7.15. The van der Waals surface area contributed by atoms with Crippen LogP contribution in [0.5, 0.6) is 0 Å². The highest BCUT2D eigenvalue weighted by Gasteiger charge is 2.17. The fourth-order valence-electron chi connectivity index (χ4n) is 2.23. The van der Waals surface area contributed by atoms with Crippen LogP contribution in [-0.2, 0) is 0 Å². The van der Waals surface area contributed by atoms with Crippen LogP contribution in [0.2, 0.25) is 0 Å². The van der Waals surface area contributed by atoms with E-state index in [1.165, 1.54) is 31.2 Å².